The molecule has 0 N–H and O–H groups in total. The fraction of sp³-hybridized carbons (Fsp3) is 0.930. The molecule has 292 valence electrons. The Kier molecular flexibility index (Phi) is 27.6. The monoisotopic (exact) mass is 706 g/mol. The molecular formula is C43H79NO6. The molecule has 50 heavy (non-hydrogen) atoms. The smallest absolute Gasteiger partial charge is 0.306 e. The van der Waals surface area contributed by atoms with Gasteiger partial charge in [-0.3, -0.25) is 14.4 Å². The zero-order valence-electron chi connectivity index (χ0n) is 32.9. The Bertz CT molecular complexity index is 781. The predicted octanol–water partition coefficient (Wildman–Crippen LogP) is 11.3. The third kappa shape index (κ3) is 26.2. The molecule has 0 aromatic heterocycles. The van der Waals surface area contributed by atoms with Crippen LogP contribution in [-0.2, 0) is 28.6 Å². The van der Waals surface area contributed by atoms with Gasteiger partial charge in [0.05, 0.1) is 13.2 Å². The van der Waals surface area contributed by atoms with Gasteiger partial charge in [-0.2, -0.15) is 0 Å². The number of carbonyl (C=O) groups is 3. The van der Waals surface area contributed by atoms with Crippen LogP contribution < -0.4 is 0 Å². The summed E-state index contributed by atoms with van der Waals surface area (Å²) in [5, 5.41) is 0. The molecule has 2 saturated carbocycles. The minimum atomic E-state index is -0.0449. The first-order valence-corrected chi connectivity index (χ1v) is 21.6. The van der Waals surface area contributed by atoms with Gasteiger partial charge in [0.25, 0.3) is 0 Å². The standard InChI is InChI=1S/C43H79NO6/c1-44(2)35-21-34-43(47)50-40(30-13-9-5-3-7-11-15-32-41(45)48-36-22-28-38-24-17-18-25-38)31-14-10-6-4-8-12-16-33-42(46)49-37-23-29-39-26-19-20-27-39/h38-40H,3-37H2,1-2H3. The van der Waals surface area contributed by atoms with Crippen LogP contribution in [-0.4, -0.2) is 62.8 Å². The fourth-order valence-electron chi connectivity index (χ4n) is 7.96. The van der Waals surface area contributed by atoms with Crippen molar-refractivity contribution in [1.29, 1.82) is 0 Å². The molecule has 2 fully saturated rings. The summed E-state index contributed by atoms with van der Waals surface area (Å²) in [4.78, 5) is 38.7. The van der Waals surface area contributed by atoms with Crippen molar-refractivity contribution in [3.63, 3.8) is 0 Å². The van der Waals surface area contributed by atoms with Crippen molar-refractivity contribution in [3.05, 3.63) is 0 Å². The quantitative estimate of drug-likeness (QED) is 0.0382. The predicted molar refractivity (Wildman–Crippen MR) is 205 cm³/mol. The molecule has 0 aliphatic heterocycles. The van der Waals surface area contributed by atoms with Crippen molar-refractivity contribution >= 4 is 17.9 Å². The number of hydrogen-bond donors (Lipinski definition) is 0. The lowest BCUT2D eigenvalue weighted by Gasteiger charge is -2.18. The van der Waals surface area contributed by atoms with E-state index in [1.165, 1.54) is 116 Å². The number of ether oxygens (including phenoxy) is 3. The largest absolute Gasteiger partial charge is 0.466 e. The zero-order chi connectivity index (χ0) is 35.9. The topological polar surface area (TPSA) is 82.1 Å². The maximum atomic E-state index is 12.6. The second-order valence-corrected chi connectivity index (χ2v) is 16.1. The van der Waals surface area contributed by atoms with Gasteiger partial charge in [-0.1, -0.05) is 116 Å². The average molecular weight is 706 g/mol. The van der Waals surface area contributed by atoms with E-state index in [0.717, 1.165) is 89.0 Å². The number of carbonyl (C=O) groups excluding carboxylic acids is 3. The Morgan fingerprint density at radius 2 is 0.880 bits per heavy atom. The molecule has 0 unspecified atom stereocenters. The van der Waals surface area contributed by atoms with Crippen LogP contribution in [0.3, 0.4) is 0 Å². The zero-order valence-corrected chi connectivity index (χ0v) is 32.9. The Morgan fingerprint density at radius 3 is 1.30 bits per heavy atom. The highest BCUT2D eigenvalue weighted by molar-refractivity contribution is 5.70. The highest BCUT2D eigenvalue weighted by Crippen LogP contribution is 2.29. The molecule has 7 nitrogen and oxygen atoms in total. The molecule has 0 radical (unpaired) electrons. The average Bonchev–Trinajstić information content (AvgIpc) is 3.82. The minimum absolute atomic E-state index is 0.0209. The van der Waals surface area contributed by atoms with Gasteiger partial charge in [0.2, 0.25) is 0 Å². The van der Waals surface area contributed by atoms with E-state index in [1.807, 2.05) is 14.1 Å². The number of unbranched alkanes of at least 4 members (excludes halogenated alkanes) is 12. The molecule has 0 aromatic carbocycles. The van der Waals surface area contributed by atoms with Crippen LogP contribution in [0.4, 0.5) is 0 Å². The van der Waals surface area contributed by atoms with Gasteiger partial charge >= 0.3 is 17.9 Å². The second-order valence-electron chi connectivity index (χ2n) is 16.1. The minimum Gasteiger partial charge on any atom is -0.466 e. The van der Waals surface area contributed by atoms with Crippen LogP contribution >= 0.6 is 0 Å². The van der Waals surface area contributed by atoms with E-state index in [9.17, 15) is 14.4 Å². The highest BCUT2D eigenvalue weighted by Gasteiger charge is 2.17. The van der Waals surface area contributed by atoms with Crippen molar-refractivity contribution in [3.8, 4) is 0 Å². The van der Waals surface area contributed by atoms with Crippen molar-refractivity contribution in [1.82, 2.24) is 4.90 Å². The normalized spacial score (nSPS) is 15.4. The third-order valence-corrected chi connectivity index (χ3v) is 11.1. The Balaban J connectivity index is 1.45. The van der Waals surface area contributed by atoms with Crippen LogP contribution in [0, 0.1) is 11.8 Å². The summed E-state index contributed by atoms with van der Waals surface area (Å²) < 4.78 is 16.9. The van der Waals surface area contributed by atoms with E-state index in [2.05, 4.69) is 4.90 Å². The summed E-state index contributed by atoms with van der Waals surface area (Å²) in [5.74, 6) is 1.65. The number of nitrogens with zero attached hydrogens (tertiary/aromatic N) is 1. The molecule has 0 aromatic rings. The Morgan fingerprint density at radius 1 is 0.500 bits per heavy atom. The Hall–Kier alpha value is -1.63. The van der Waals surface area contributed by atoms with Gasteiger partial charge in [0.1, 0.15) is 6.10 Å². The maximum absolute atomic E-state index is 12.6. The lowest BCUT2D eigenvalue weighted by Crippen LogP contribution is -2.20. The SMILES string of the molecule is CN(C)CCCC(=O)OC(CCCCCCCCCC(=O)OCCCC1CCCC1)CCCCCCCCCC(=O)OCCCC1CCCC1. The van der Waals surface area contributed by atoms with Gasteiger partial charge in [-0.15, -0.1) is 0 Å². The molecule has 2 aliphatic rings. The molecule has 0 bridgehead atoms. The molecular weight excluding hydrogens is 626 g/mol. The van der Waals surface area contributed by atoms with Crippen LogP contribution in [0.5, 0.6) is 0 Å². The van der Waals surface area contributed by atoms with Crippen molar-refractivity contribution in [2.24, 2.45) is 11.8 Å². The summed E-state index contributed by atoms with van der Waals surface area (Å²) >= 11 is 0. The van der Waals surface area contributed by atoms with Crippen LogP contribution in [0.2, 0.25) is 0 Å². The van der Waals surface area contributed by atoms with Crippen LogP contribution in [0.25, 0.3) is 0 Å². The lowest BCUT2D eigenvalue weighted by atomic mass is 10.0. The molecule has 0 spiro atoms. The van der Waals surface area contributed by atoms with Gasteiger partial charge < -0.3 is 19.1 Å². The highest BCUT2D eigenvalue weighted by atomic mass is 16.5. The molecule has 2 aliphatic carbocycles. The van der Waals surface area contributed by atoms with E-state index in [0.29, 0.717) is 32.5 Å². The number of esters is 3. The second kappa shape index (κ2) is 30.9. The summed E-state index contributed by atoms with van der Waals surface area (Å²) in [6, 6.07) is 0. The summed E-state index contributed by atoms with van der Waals surface area (Å²) in [6.07, 6.45) is 35.6. The fourth-order valence-corrected chi connectivity index (χ4v) is 7.96. The van der Waals surface area contributed by atoms with Gasteiger partial charge in [-0.25, -0.2) is 0 Å². The first kappa shape index (κ1) is 44.5. The van der Waals surface area contributed by atoms with Gasteiger partial charge in [-0.05, 0) is 103 Å². The van der Waals surface area contributed by atoms with Crippen molar-refractivity contribution in [2.75, 3.05) is 33.9 Å². The van der Waals surface area contributed by atoms with E-state index in [-0.39, 0.29) is 24.0 Å². The summed E-state index contributed by atoms with van der Waals surface area (Å²) in [7, 11) is 4.07. The lowest BCUT2D eigenvalue weighted by molar-refractivity contribution is -0.150. The van der Waals surface area contributed by atoms with Crippen LogP contribution in [0.15, 0.2) is 0 Å². The van der Waals surface area contributed by atoms with Crippen molar-refractivity contribution in [2.45, 2.75) is 212 Å². The van der Waals surface area contributed by atoms with E-state index < -0.39 is 0 Å². The van der Waals surface area contributed by atoms with Gasteiger partial charge in [0.15, 0.2) is 0 Å². The Labute approximate surface area is 308 Å². The summed E-state index contributed by atoms with van der Waals surface area (Å²) in [5.41, 5.74) is 0. The first-order valence-electron chi connectivity index (χ1n) is 21.6. The maximum Gasteiger partial charge on any atom is 0.306 e. The summed E-state index contributed by atoms with van der Waals surface area (Å²) in [6.45, 7) is 2.11. The van der Waals surface area contributed by atoms with E-state index >= 15 is 0 Å². The number of rotatable bonds is 33. The number of hydrogen-bond acceptors (Lipinski definition) is 7. The van der Waals surface area contributed by atoms with Crippen molar-refractivity contribution < 1.29 is 28.6 Å². The van der Waals surface area contributed by atoms with Gasteiger partial charge in [0, 0.05) is 19.3 Å². The molecule has 0 saturated heterocycles. The molecule has 0 atom stereocenters. The van der Waals surface area contributed by atoms with Crippen LogP contribution in [0.1, 0.15) is 205 Å². The molecule has 7 heteroatoms. The molecule has 0 heterocycles. The first-order chi connectivity index (χ1) is 24.4. The molecule has 2 rings (SSSR count). The molecule has 0 amide bonds. The van der Waals surface area contributed by atoms with E-state index in [4.69, 9.17) is 14.2 Å². The third-order valence-electron chi connectivity index (χ3n) is 11.1. The van der Waals surface area contributed by atoms with E-state index in [1.54, 1.807) is 0 Å².